The molecule has 3 N–H and O–H groups in total. The predicted molar refractivity (Wildman–Crippen MR) is 382 cm³/mol. The van der Waals surface area contributed by atoms with Gasteiger partial charge in [0.2, 0.25) is 0 Å². The van der Waals surface area contributed by atoms with Gasteiger partial charge in [0.1, 0.15) is 19.3 Å². The van der Waals surface area contributed by atoms with Crippen LogP contribution in [-0.2, 0) is 65.4 Å². The highest BCUT2D eigenvalue weighted by molar-refractivity contribution is 7.47. The summed E-state index contributed by atoms with van der Waals surface area (Å²) in [6.45, 7) is 7.19. The summed E-state index contributed by atoms with van der Waals surface area (Å²) in [6.07, 6.45) is 57.4. The lowest BCUT2D eigenvalue weighted by Crippen LogP contribution is -2.30. The maximum atomic E-state index is 13.1. The lowest BCUT2D eigenvalue weighted by molar-refractivity contribution is -0.161. The number of aliphatic hydroxyl groups is 1. The molecule has 0 aliphatic rings. The number of aliphatic hydroxyl groups excluding tert-OH is 1. The molecule has 0 aromatic heterocycles. The summed E-state index contributed by atoms with van der Waals surface area (Å²) in [7, 11) is -9.90. The van der Waals surface area contributed by atoms with Crippen LogP contribution in [-0.4, -0.2) is 96.7 Å². The molecule has 0 saturated heterocycles. The van der Waals surface area contributed by atoms with Crippen LogP contribution in [0.2, 0.25) is 0 Å². The van der Waals surface area contributed by atoms with E-state index in [1.54, 1.807) is 0 Å². The zero-order valence-electron chi connectivity index (χ0n) is 61.1. The fourth-order valence-corrected chi connectivity index (χ4v) is 13.1. The Morgan fingerprint density at radius 1 is 0.298 bits per heavy atom. The Hall–Kier alpha value is -1.94. The molecule has 0 aromatic carbocycles. The molecular weight excluding hydrogens is 1230 g/mol. The van der Waals surface area contributed by atoms with Crippen LogP contribution in [0.25, 0.3) is 0 Å². The van der Waals surface area contributed by atoms with Gasteiger partial charge in [-0.25, -0.2) is 9.13 Å². The van der Waals surface area contributed by atoms with Crippen molar-refractivity contribution in [1.82, 2.24) is 0 Å². The Balaban J connectivity index is 5.13. The summed E-state index contributed by atoms with van der Waals surface area (Å²) >= 11 is 0. The summed E-state index contributed by atoms with van der Waals surface area (Å²) in [4.78, 5) is 72.5. The van der Waals surface area contributed by atoms with E-state index in [1.807, 2.05) is 0 Å². The van der Waals surface area contributed by atoms with Crippen molar-refractivity contribution in [3.8, 4) is 0 Å². The number of rotatable bonds is 75. The van der Waals surface area contributed by atoms with E-state index in [2.05, 4.69) is 34.6 Å². The van der Waals surface area contributed by atoms with Crippen LogP contribution in [0, 0.1) is 5.92 Å². The number of hydrogen-bond donors (Lipinski definition) is 3. The molecule has 0 fully saturated rings. The zero-order valence-corrected chi connectivity index (χ0v) is 62.9. The van der Waals surface area contributed by atoms with Crippen molar-refractivity contribution < 1.29 is 80.2 Å². The van der Waals surface area contributed by atoms with Crippen LogP contribution in [0.1, 0.15) is 394 Å². The second kappa shape index (κ2) is 68.2. The third-order valence-electron chi connectivity index (χ3n) is 17.9. The Labute approximate surface area is 575 Å². The Kier molecular flexibility index (Phi) is 66.8. The lowest BCUT2D eigenvalue weighted by Gasteiger charge is -2.21. The number of esters is 4. The quantitative estimate of drug-likeness (QED) is 0.0222. The topological polar surface area (TPSA) is 237 Å². The van der Waals surface area contributed by atoms with Crippen LogP contribution in [0.5, 0.6) is 0 Å². The monoisotopic (exact) mass is 1380 g/mol. The smallest absolute Gasteiger partial charge is 0.462 e. The number of hydrogen-bond acceptors (Lipinski definition) is 15. The molecule has 94 heavy (non-hydrogen) atoms. The van der Waals surface area contributed by atoms with Crippen molar-refractivity contribution in [3.05, 3.63) is 0 Å². The Morgan fingerprint density at radius 3 is 0.755 bits per heavy atom. The van der Waals surface area contributed by atoms with Gasteiger partial charge < -0.3 is 33.8 Å². The third-order valence-corrected chi connectivity index (χ3v) is 19.8. The maximum Gasteiger partial charge on any atom is 0.472 e. The molecule has 17 nitrogen and oxygen atoms in total. The first-order valence-corrected chi connectivity index (χ1v) is 42.2. The van der Waals surface area contributed by atoms with E-state index < -0.39 is 97.5 Å². The minimum atomic E-state index is -4.95. The van der Waals surface area contributed by atoms with Gasteiger partial charge >= 0.3 is 39.5 Å². The summed E-state index contributed by atoms with van der Waals surface area (Å²) in [5.74, 6) is -1.36. The number of phosphoric ester groups is 2. The van der Waals surface area contributed by atoms with Gasteiger partial charge in [0.25, 0.3) is 0 Å². The van der Waals surface area contributed by atoms with Crippen LogP contribution < -0.4 is 0 Å². The molecule has 0 radical (unpaired) electrons. The molecule has 0 amide bonds. The van der Waals surface area contributed by atoms with Crippen molar-refractivity contribution in [1.29, 1.82) is 0 Å². The molecule has 0 aromatic rings. The fourth-order valence-electron chi connectivity index (χ4n) is 11.5. The molecule has 0 aliphatic carbocycles. The highest BCUT2D eigenvalue weighted by Gasteiger charge is 2.30. The van der Waals surface area contributed by atoms with Gasteiger partial charge in [-0.1, -0.05) is 343 Å². The van der Waals surface area contributed by atoms with Crippen molar-refractivity contribution in [2.45, 2.75) is 412 Å². The molecule has 0 aliphatic heterocycles. The fraction of sp³-hybridized carbons (Fsp3) is 0.947. The van der Waals surface area contributed by atoms with Gasteiger partial charge in [0, 0.05) is 25.7 Å². The summed E-state index contributed by atoms with van der Waals surface area (Å²) in [5, 5.41) is 10.6. The van der Waals surface area contributed by atoms with Crippen LogP contribution in [0.3, 0.4) is 0 Å². The molecular formula is C75H146O17P2. The average molecular weight is 1380 g/mol. The predicted octanol–water partition coefficient (Wildman–Crippen LogP) is 22.1. The number of carbonyl (C=O) groups excluding carboxylic acids is 4. The molecule has 0 rings (SSSR count). The minimum absolute atomic E-state index is 0.104. The van der Waals surface area contributed by atoms with E-state index in [-0.39, 0.29) is 25.7 Å². The molecule has 0 saturated carbocycles. The molecule has 3 unspecified atom stereocenters. The number of phosphoric acid groups is 2. The molecule has 558 valence electrons. The minimum Gasteiger partial charge on any atom is -0.462 e. The number of ether oxygens (including phenoxy) is 4. The van der Waals surface area contributed by atoms with Crippen LogP contribution >= 0.6 is 15.6 Å². The molecule has 6 atom stereocenters. The van der Waals surface area contributed by atoms with Gasteiger partial charge in [-0.2, -0.15) is 0 Å². The second-order valence-corrected chi connectivity index (χ2v) is 30.2. The van der Waals surface area contributed by atoms with Crippen molar-refractivity contribution in [3.63, 3.8) is 0 Å². The second-order valence-electron chi connectivity index (χ2n) is 27.3. The van der Waals surface area contributed by atoms with Crippen LogP contribution in [0.4, 0.5) is 0 Å². The van der Waals surface area contributed by atoms with E-state index in [0.717, 1.165) is 102 Å². The Bertz CT molecular complexity index is 1810. The highest BCUT2D eigenvalue weighted by Crippen LogP contribution is 2.45. The normalized spacial score (nSPS) is 14.3. The number of carbonyl (C=O) groups is 4. The maximum absolute atomic E-state index is 13.1. The van der Waals surface area contributed by atoms with Crippen molar-refractivity contribution >= 4 is 39.5 Å². The molecule has 0 bridgehead atoms. The average Bonchev–Trinajstić information content (AvgIpc) is 1.76. The molecule has 0 heterocycles. The zero-order chi connectivity index (χ0) is 69.1. The van der Waals surface area contributed by atoms with Crippen molar-refractivity contribution in [2.24, 2.45) is 5.92 Å². The summed E-state index contributed by atoms with van der Waals surface area (Å²) in [6, 6.07) is 0. The summed E-state index contributed by atoms with van der Waals surface area (Å²) < 4.78 is 68.3. The van der Waals surface area contributed by atoms with E-state index >= 15 is 0 Å². The van der Waals surface area contributed by atoms with Crippen molar-refractivity contribution in [2.75, 3.05) is 39.6 Å². The Morgan fingerprint density at radius 2 is 0.511 bits per heavy atom. The van der Waals surface area contributed by atoms with E-state index in [9.17, 15) is 43.2 Å². The van der Waals surface area contributed by atoms with Gasteiger partial charge in [0.05, 0.1) is 26.4 Å². The van der Waals surface area contributed by atoms with Gasteiger partial charge in [-0.15, -0.1) is 0 Å². The van der Waals surface area contributed by atoms with Crippen LogP contribution in [0.15, 0.2) is 0 Å². The van der Waals surface area contributed by atoms with E-state index in [1.165, 1.54) is 212 Å². The lowest BCUT2D eigenvalue weighted by atomic mass is 9.99. The first-order chi connectivity index (χ1) is 45.6. The van der Waals surface area contributed by atoms with E-state index in [0.29, 0.717) is 25.7 Å². The van der Waals surface area contributed by atoms with Gasteiger partial charge in [0.15, 0.2) is 12.2 Å². The molecule has 0 spiro atoms. The van der Waals surface area contributed by atoms with Gasteiger partial charge in [-0.3, -0.25) is 37.3 Å². The SMILES string of the molecule is CCCCCCCCCCCCCCCCCCCCCCC(=O)O[C@H](COC(=O)CCCCCCCCCCCCCCCCCCC)COP(=O)(O)OC[C@@H](O)COP(=O)(O)OC[C@@H](COC(=O)CCCCCCC)OC(=O)CCCCCCCCCCC(C)CC. The van der Waals surface area contributed by atoms with Gasteiger partial charge in [-0.05, 0) is 31.6 Å². The molecule has 19 heteroatoms. The standard InChI is InChI=1S/C75H146O17P2/c1-6-10-13-16-18-20-22-24-26-28-29-30-32-34-36-38-40-45-50-55-60-74(79)92-71(65-86-73(78)59-54-49-44-39-37-35-33-31-27-25-23-21-19-17-14-11-7-2)67-90-94(83,84)88-63-69(76)62-87-93(81,82)89-66-70(64-85-72(77)58-53-47-15-12-8-3)91-75(80)61-56-51-46-42-41-43-48-52-57-68(5)9-4/h68-71,76H,6-67H2,1-5H3,(H,81,82)(H,83,84)/t68?,69-,70+,71+/m0/s1. The third kappa shape index (κ3) is 67.3. The highest BCUT2D eigenvalue weighted by atomic mass is 31.2. The summed E-state index contributed by atoms with van der Waals surface area (Å²) in [5.41, 5.74) is 0. The first-order valence-electron chi connectivity index (χ1n) is 39.2. The van der Waals surface area contributed by atoms with E-state index in [4.69, 9.17) is 37.0 Å². The number of unbranched alkanes of at least 4 members (excludes halogenated alkanes) is 46. The largest absolute Gasteiger partial charge is 0.472 e. The first kappa shape index (κ1) is 92.1.